The van der Waals surface area contributed by atoms with E-state index in [1.54, 1.807) is 39.5 Å². The van der Waals surface area contributed by atoms with E-state index in [0.717, 1.165) is 5.56 Å². The number of benzene rings is 2. The first-order chi connectivity index (χ1) is 14.6. The Bertz CT molecular complexity index is 950. The molecule has 0 radical (unpaired) electrons. The van der Waals surface area contributed by atoms with E-state index in [-0.39, 0.29) is 5.57 Å². The molecular weight excluding hydrogens is 386 g/mol. The molecule has 2 aromatic rings. The Morgan fingerprint density at radius 2 is 1.67 bits per heavy atom. The number of hydrogen-bond donors (Lipinski definition) is 2. The minimum Gasteiger partial charge on any atom is -0.497 e. The van der Waals surface area contributed by atoms with Crippen LogP contribution in [0.1, 0.15) is 5.56 Å². The summed E-state index contributed by atoms with van der Waals surface area (Å²) in [5.41, 5.74) is 1.48. The van der Waals surface area contributed by atoms with Crippen molar-refractivity contribution >= 4 is 11.6 Å². The number of anilines is 1. The zero-order valence-electron chi connectivity index (χ0n) is 17.4. The van der Waals surface area contributed by atoms with Gasteiger partial charge in [0, 0.05) is 18.8 Å². The SMILES string of the molecule is COc1ccc(OC)c(N/C=C(/C#N)C(=O)NCCc2ccc(OC)c(OC)c2)c1. The van der Waals surface area contributed by atoms with Crippen molar-refractivity contribution in [1.29, 1.82) is 5.26 Å². The lowest BCUT2D eigenvalue weighted by atomic mass is 10.1. The standard InChI is InChI=1S/C22H25N3O5/c1-27-17-6-8-19(28-2)18(12-17)25-14-16(13-23)22(26)24-10-9-15-5-7-20(29-3)21(11-15)30-4/h5-8,11-12,14,25H,9-10H2,1-4H3,(H,24,26)/b16-14-. The molecule has 0 atom stereocenters. The van der Waals surface area contributed by atoms with Gasteiger partial charge in [0.05, 0.1) is 34.1 Å². The minimum atomic E-state index is -0.479. The third-order valence-corrected chi connectivity index (χ3v) is 4.29. The fourth-order valence-electron chi connectivity index (χ4n) is 2.68. The summed E-state index contributed by atoms with van der Waals surface area (Å²) < 4.78 is 20.9. The highest BCUT2D eigenvalue weighted by atomic mass is 16.5. The first-order valence-corrected chi connectivity index (χ1v) is 9.14. The summed E-state index contributed by atoms with van der Waals surface area (Å²) in [5, 5.41) is 15.0. The lowest BCUT2D eigenvalue weighted by molar-refractivity contribution is -0.117. The van der Waals surface area contributed by atoms with Gasteiger partial charge in [-0.25, -0.2) is 0 Å². The van der Waals surface area contributed by atoms with Crippen LogP contribution in [0.3, 0.4) is 0 Å². The Kier molecular flexibility index (Phi) is 8.39. The van der Waals surface area contributed by atoms with Crippen LogP contribution in [0.2, 0.25) is 0 Å². The molecule has 0 saturated carbocycles. The van der Waals surface area contributed by atoms with Gasteiger partial charge in [-0.3, -0.25) is 4.79 Å². The summed E-state index contributed by atoms with van der Waals surface area (Å²) in [6.07, 6.45) is 1.91. The molecule has 0 heterocycles. The fourth-order valence-corrected chi connectivity index (χ4v) is 2.68. The molecule has 0 unspecified atom stereocenters. The Balaban J connectivity index is 1.99. The molecule has 2 aromatic carbocycles. The number of nitrogens with zero attached hydrogens (tertiary/aromatic N) is 1. The molecule has 30 heavy (non-hydrogen) atoms. The number of carbonyl (C=O) groups is 1. The molecule has 0 aliphatic rings. The molecule has 0 aliphatic carbocycles. The molecule has 0 saturated heterocycles. The van der Waals surface area contributed by atoms with Crippen LogP contribution in [0, 0.1) is 11.3 Å². The zero-order valence-corrected chi connectivity index (χ0v) is 17.4. The molecule has 0 spiro atoms. The van der Waals surface area contributed by atoms with Crippen molar-refractivity contribution in [3.8, 4) is 29.1 Å². The van der Waals surface area contributed by atoms with Crippen molar-refractivity contribution < 1.29 is 23.7 Å². The van der Waals surface area contributed by atoms with Gasteiger partial charge < -0.3 is 29.6 Å². The lowest BCUT2D eigenvalue weighted by Gasteiger charge is -2.11. The molecule has 0 aliphatic heterocycles. The van der Waals surface area contributed by atoms with Crippen molar-refractivity contribution in [3.05, 3.63) is 53.7 Å². The largest absolute Gasteiger partial charge is 0.497 e. The van der Waals surface area contributed by atoms with Crippen molar-refractivity contribution in [2.75, 3.05) is 40.3 Å². The highest BCUT2D eigenvalue weighted by molar-refractivity contribution is 5.97. The number of carbonyl (C=O) groups excluding carboxylic acids is 1. The predicted octanol–water partition coefficient (Wildman–Crippen LogP) is 2.90. The summed E-state index contributed by atoms with van der Waals surface area (Å²) in [7, 11) is 6.22. The van der Waals surface area contributed by atoms with Gasteiger partial charge in [-0.15, -0.1) is 0 Å². The average Bonchev–Trinajstić information content (AvgIpc) is 2.79. The molecule has 0 aromatic heterocycles. The summed E-state index contributed by atoms with van der Waals surface area (Å²) in [6, 6.07) is 12.6. The monoisotopic (exact) mass is 411 g/mol. The summed E-state index contributed by atoms with van der Waals surface area (Å²) in [6.45, 7) is 0.357. The van der Waals surface area contributed by atoms with E-state index in [9.17, 15) is 10.1 Å². The van der Waals surface area contributed by atoms with Crippen molar-refractivity contribution in [3.63, 3.8) is 0 Å². The molecule has 0 bridgehead atoms. The Morgan fingerprint density at radius 1 is 0.967 bits per heavy atom. The van der Waals surface area contributed by atoms with Gasteiger partial charge in [-0.05, 0) is 36.2 Å². The second-order valence-corrected chi connectivity index (χ2v) is 6.08. The number of amides is 1. The van der Waals surface area contributed by atoms with Gasteiger partial charge in [0.15, 0.2) is 11.5 Å². The molecule has 8 heteroatoms. The minimum absolute atomic E-state index is 0.0628. The number of hydrogen-bond acceptors (Lipinski definition) is 7. The van der Waals surface area contributed by atoms with Gasteiger partial charge in [0.1, 0.15) is 23.1 Å². The van der Waals surface area contributed by atoms with Gasteiger partial charge >= 0.3 is 0 Å². The molecule has 158 valence electrons. The van der Waals surface area contributed by atoms with E-state index in [2.05, 4.69) is 10.6 Å². The van der Waals surface area contributed by atoms with E-state index in [0.29, 0.717) is 41.7 Å². The second kappa shape index (κ2) is 11.2. The van der Waals surface area contributed by atoms with Crippen LogP contribution in [0.4, 0.5) is 5.69 Å². The van der Waals surface area contributed by atoms with E-state index < -0.39 is 5.91 Å². The highest BCUT2D eigenvalue weighted by Gasteiger charge is 2.10. The van der Waals surface area contributed by atoms with Crippen molar-refractivity contribution in [1.82, 2.24) is 5.32 Å². The van der Waals surface area contributed by atoms with Crippen LogP contribution in [-0.2, 0) is 11.2 Å². The van der Waals surface area contributed by atoms with E-state index >= 15 is 0 Å². The highest BCUT2D eigenvalue weighted by Crippen LogP contribution is 2.29. The number of nitriles is 1. The van der Waals surface area contributed by atoms with Gasteiger partial charge in [-0.2, -0.15) is 5.26 Å². The van der Waals surface area contributed by atoms with E-state index in [1.165, 1.54) is 13.3 Å². The van der Waals surface area contributed by atoms with Crippen LogP contribution < -0.4 is 29.6 Å². The summed E-state index contributed by atoms with van der Waals surface area (Å²) in [5.74, 6) is 1.95. The lowest BCUT2D eigenvalue weighted by Crippen LogP contribution is -2.27. The third-order valence-electron chi connectivity index (χ3n) is 4.29. The Hall–Kier alpha value is -3.86. The van der Waals surface area contributed by atoms with Crippen LogP contribution in [0.15, 0.2) is 48.2 Å². The Labute approximate surface area is 176 Å². The summed E-state index contributed by atoms with van der Waals surface area (Å²) >= 11 is 0. The van der Waals surface area contributed by atoms with Crippen LogP contribution in [-0.4, -0.2) is 40.9 Å². The normalized spacial score (nSPS) is 10.6. The van der Waals surface area contributed by atoms with Crippen molar-refractivity contribution in [2.45, 2.75) is 6.42 Å². The first kappa shape index (κ1) is 22.4. The number of nitrogens with one attached hydrogen (secondary N) is 2. The van der Waals surface area contributed by atoms with Crippen LogP contribution in [0.5, 0.6) is 23.0 Å². The first-order valence-electron chi connectivity index (χ1n) is 9.14. The van der Waals surface area contributed by atoms with Gasteiger partial charge in [-0.1, -0.05) is 6.07 Å². The molecule has 8 nitrogen and oxygen atoms in total. The molecule has 1 amide bonds. The predicted molar refractivity (Wildman–Crippen MR) is 113 cm³/mol. The van der Waals surface area contributed by atoms with E-state index in [4.69, 9.17) is 18.9 Å². The molecule has 0 fully saturated rings. The molecule has 2 rings (SSSR count). The summed E-state index contributed by atoms with van der Waals surface area (Å²) in [4.78, 5) is 12.3. The van der Waals surface area contributed by atoms with Gasteiger partial charge in [0.25, 0.3) is 5.91 Å². The van der Waals surface area contributed by atoms with Crippen LogP contribution in [0.25, 0.3) is 0 Å². The van der Waals surface area contributed by atoms with Gasteiger partial charge in [0.2, 0.25) is 0 Å². The molecular formula is C22H25N3O5. The average molecular weight is 411 g/mol. The Morgan fingerprint density at radius 3 is 2.30 bits per heavy atom. The number of rotatable bonds is 10. The number of ether oxygens (including phenoxy) is 4. The smallest absolute Gasteiger partial charge is 0.263 e. The maximum absolute atomic E-state index is 12.3. The maximum atomic E-state index is 12.3. The topological polar surface area (TPSA) is 102 Å². The van der Waals surface area contributed by atoms with Crippen LogP contribution >= 0.6 is 0 Å². The quantitative estimate of drug-likeness (QED) is 0.458. The second-order valence-electron chi connectivity index (χ2n) is 6.08. The fraction of sp³-hybridized carbons (Fsp3) is 0.273. The number of methoxy groups -OCH3 is 4. The van der Waals surface area contributed by atoms with Crippen molar-refractivity contribution in [2.24, 2.45) is 0 Å². The maximum Gasteiger partial charge on any atom is 0.263 e. The zero-order chi connectivity index (χ0) is 21.9. The molecule has 2 N–H and O–H groups in total. The third kappa shape index (κ3) is 5.82. The van der Waals surface area contributed by atoms with E-state index in [1.807, 2.05) is 24.3 Å².